The van der Waals surface area contributed by atoms with Crippen LogP contribution < -0.4 is 11.1 Å². The van der Waals surface area contributed by atoms with Gasteiger partial charge in [0, 0.05) is 18.1 Å². The van der Waals surface area contributed by atoms with Crippen molar-refractivity contribution < 1.29 is 4.79 Å². The first-order valence-corrected chi connectivity index (χ1v) is 6.38. The molecule has 0 aliphatic rings. The number of fused-ring (bicyclic) bond motifs is 1. The molecule has 0 radical (unpaired) electrons. The number of aromatic nitrogens is 1. The third-order valence-electron chi connectivity index (χ3n) is 2.46. The first kappa shape index (κ1) is 11.9. The highest BCUT2D eigenvalue weighted by atomic mass is 32.1. The molecule has 2 aromatic rings. The number of hydrogen-bond donors (Lipinski definition) is 2. The van der Waals surface area contributed by atoms with E-state index in [1.807, 2.05) is 19.9 Å². The zero-order chi connectivity index (χ0) is 12.4. The number of anilines is 1. The molecule has 2 aromatic heterocycles. The number of pyridine rings is 1. The van der Waals surface area contributed by atoms with Crippen LogP contribution >= 0.6 is 11.3 Å². The fourth-order valence-corrected chi connectivity index (χ4v) is 2.55. The second-order valence-electron chi connectivity index (χ2n) is 3.97. The number of nitrogens with one attached hydrogen (secondary N) is 1. The molecule has 0 saturated carbocycles. The van der Waals surface area contributed by atoms with Gasteiger partial charge < -0.3 is 11.1 Å². The Hall–Kier alpha value is -1.62. The molecule has 1 amide bonds. The van der Waals surface area contributed by atoms with Gasteiger partial charge >= 0.3 is 0 Å². The summed E-state index contributed by atoms with van der Waals surface area (Å²) in [6, 6.07) is 1.96. The Morgan fingerprint density at radius 2 is 2.35 bits per heavy atom. The molecule has 0 aliphatic carbocycles. The van der Waals surface area contributed by atoms with Crippen LogP contribution in [0.2, 0.25) is 0 Å². The third-order valence-corrected chi connectivity index (χ3v) is 3.59. The average Bonchev–Trinajstić information content (AvgIpc) is 2.64. The topological polar surface area (TPSA) is 68.0 Å². The van der Waals surface area contributed by atoms with Gasteiger partial charge in [0.15, 0.2) is 0 Å². The van der Waals surface area contributed by atoms with E-state index >= 15 is 0 Å². The van der Waals surface area contributed by atoms with E-state index in [0.29, 0.717) is 17.1 Å². The molecule has 0 aliphatic heterocycles. The number of rotatable bonds is 3. The summed E-state index contributed by atoms with van der Waals surface area (Å²) in [6.45, 7) is 4.64. The minimum atomic E-state index is -0.106. The van der Waals surface area contributed by atoms with Crippen LogP contribution in [0.3, 0.4) is 0 Å². The Morgan fingerprint density at radius 3 is 3.06 bits per heavy atom. The molecule has 2 heterocycles. The Labute approximate surface area is 104 Å². The van der Waals surface area contributed by atoms with Crippen LogP contribution in [0, 0.1) is 6.92 Å². The molecule has 0 saturated heterocycles. The maximum absolute atomic E-state index is 11.9. The molecule has 5 heteroatoms. The van der Waals surface area contributed by atoms with Crippen molar-refractivity contribution in [2.24, 2.45) is 0 Å². The smallest absolute Gasteiger partial charge is 0.263 e. The normalized spacial score (nSPS) is 10.7. The van der Waals surface area contributed by atoms with Crippen LogP contribution in [0.4, 0.5) is 5.69 Å². The molecule has 3 N–H and O–H groups in total. The van der Waals surface area contributed by atoms with Crippen LogP contribution in [0.25, 0.3) is 10.2 Å². The van der Waals surface area contributed by atoms with Gasteiger partial charge in [0.25, 0.3) is 5.91 Å². The fraction of sp³-hybridized carbons (Fsp3) is 0.333. The minimum Gasteiger partial charge on any atom is -0.397 e. The molecule has 0 atom stereocenters. The molecule has 90 valence electrons. The number of nitrogens with two attached hydrogens (primary N) is 1. The molecular weight excluding hydrogens is 234 g/mol. The van der Waals surface area contributed by atoms with Gasteiger partial charge in [-0.05, 0) is 25.0 Å². The Bertz CT molecular complexity index is 562. The van der Waals surface area contributed by atoms with Gasteiger partial charge in [-0.25, -0.2) is 4.98 Å². The van der Waals surface area contributed by atoms with Gasteiger partial charge in [-0.2, -0.15) is 0 Å². The number of amides is 1. The van der Waals surface area contributed by atoms with Crippen LogP contribution in [-0.4, -0.2) is 17.4 Å². The van der Waals surface area contributed by atoms with E-state index in [0.717, 1.165) is 22.2 Å². The summed E-state index contributed by atoms with van der Waals surface area (Å²) in [5.74, 6) is -0.106. The van der Waals surface area contributed by atoms with Crippen molar-refractivity contribution in [3.05, 3.63) is 22.7 Å². The fourth-order valence-electron chi connectivity index (χ4n) is 1.59. The van der Waals surface area contributed by atoms with E-state index in [1.54, 1.807) is 6.20 Å². The molecule has 0 spiro atoms. The number of carbonyl (C=O) groups is 1. The predicted octanol–water partition coefficient (Wildman–Crippen LogP) is 2.33. The summed E-state index contributed by atoms with van der Waals surface area (Å²) in [5.41, 5.74) is 7.57. The van der Waals surface area contributed by atoms with Gasteiger partial charge in [0.1, 0.15) is 9.71 Å². The van der Waals surface area contributed by atoms with Crippen LogP contribution in [-0.2, 0) is 0 Å². The Kier molecular flexibility index (Phi) is 3.28. The van der Waals surface area contributed by atoms with E-state index < -0.39 is 0 Å². The monoisotopic (exact) mass is 249 g/mol. The average molecular weight is 249 g/mol. The zero-order valence-corrected chi connectivity index (χ0v) is 10.7. The van der Waals surface area contributed by atoms with Crippen molar-refractivity contribution in [2.75, 3.05) is 12.3 Å². The van der Waals surface area contributed by atoms with Crippen molar-refractivity contribution in [1.82, 2.24) is 10.3 Å². The van der Waals surface area contributed by atoms with Crippen LogP contribution in [0.5, 0.6) is 0 Å². The highest BCUT2D eigenvalue weighted by Gasteiger charge is 2.16. The van der Waals surface area contributed by atoms with Gasteiger partial charge in [-0.1, -0.05) is 6.92 Å². The standard InChI is InChI=1S/C12H15N3OS/c1-3-4-14-11(16)10-9(13)8-5-7(2)6-15-12(8)17-10/h5-6H,3-4,13H2,1-2H3,(H,14,16). The first-order chi connectivity index (χ1) is 8.13. The lowest BCUT2D eigenvalue weighted by atomic mass is 10.2. The number of carbonyl (C=O) groups excluding carboxylic acids is 1. The van der Waals surface area contributed by atoms with Crippen molar-refractivity contribution in [2.45, 2.75) is 20.3 Å². The van der Waals surface area contributed by atoms with Gasteiger partial charge in [-0.15, -0.1) is 11.3 Å². The summed E-state index contributed by atoms with van der Waals surface area (Å²) in [7, 11) is 0. The predicted molar refractivity (Wildman–Crippen MR) is 71.4 cm³/mol. The molecule has 4 nitrogen and oxygen atoms in total. The van der Waals surface area contributed by atoms with Crippen LogP contribution in [0.1, 0.15) is 28.6 Å². The summed E-state index contributed by atoms with van der Waals surface area (Å²) in [6.07, 6.45) is 2.69. The first-order valence-electron chi connectivity index (χ1n) is 5.56. The lowest BCUT2D eigenvalue weighted by Gasteiger charge is -2.01. The van der Waals surface area contributed by atoms with Crippen molar-refractivity contribution in [1.29, 1.82) is 0 Å². The van der Waals surface area contributed by atoms with Crippen molar-refractivity contribution >= 4 is 33.1 Å². The number of aryl methyl sites for hydroxylation is 1. The molecule has 17 heavy (non-hydrogen) atoms. The van der Waals surface area contributed by atoms with E-state index in [4.69, 9.17) is 5.73 Å². The second-order valence-corrected chi connectivity index (χ2v) is 4.97. The minimum absolute atomic E-state index is 0.106. The SMILES string of the molecule is CCCNC(=O)c1sc2ncc(C)cc2c1N. The van der Waals surface area contributed by atoms with Crippen LogP contribution in [0.15, 0.2) is 12.3 Å². The molecule has 2 rings (SSSR count). The Balaban J connectivity index is 2.42. The number of nitrogens with zero attached hydrogens (tertiary/aromatic N) is 1. The van der Waals surface area contributed by atoms with Gasteiger partial charge in [0.2, 0.25) is 0 Å². The third kappa shape index (κ3) is 2.24. The summed E-state index contributed by atoms with van der Waals surface area (Å²) < 4.78 is 0. The number of hydrogen-bond acceptors (Lipinski definition) is 4. The molecule has 0 fully saturated rings. The Morgan fingerprint density at radius 1 is 1.59 bits per heavy atom. The summed E-state index contributed by atoms with van der Waals surface area (Å²) in [5, 5.41) is 3.70. The number of nitrogen functional groups attached to an aromatic ring is 1. The lowest BCUT2D eigenvalue weighted by Crippen LogP contribution is -2.23. The summed E-state index contributed by atoms with van der Waals surface area (Å²) in [4.78, 5) is 17.5. The van der Waals surface area contributed by atoms with E-state index in [-0.39, 0.29) is 5.91 Å². The molecule has 0 unspecified atom stereocenters. The highest BCUT2D eigenvalue weighted by Crippen LogP contribution is 2.32. The second kappa shape index (κ2) is 4.71. The van der Waals surface area contributed by atoms with E-state index in [1.165, 1.54) is 11.3 Å². The van der Waals surface area contributed by atoms with Gasteiger partial charge in [-0.3, -0.25) is 4.79 Å². The highest BCUT2D eigenvalue weighted by molar-refractivity contribution is 7.21. The maximum atomic E-state index is 11.9. The molecule has 0 bridgehead atoms. The quantitative estimate of drug-likeness (QED) is 0.877. The summed E-state index contributed by atoms with van der Waals surface area (Å²) >= 11 is 1.34. The van der Waals surface area contributed by atoms with E-state index in [2.05, 4.69) is 10.3 Å². The molecular formula is C12H15N3OS. The number of thiophene rings is 1. The van der Waals surface area contributed by atoms with E-state index in [9.17, 15) is 4.79 Å². The lowest BCUT2D eigenvalue weighted by molar-refractivity contribution is 0.0958. The maximum Gasteiger partial charge on any atom is 0.263 e. The largest absolute Gasteiger partial charge is 0.397 e. The van der Waals surface area contributed by atoms with Crippen molar-refractivity contribution in [3.63, 3.8) is 0 Å². The molecule has 0 aromatic carbocycles. The zero-order valence-electron chi connectivity index (χ0n) is 9.91. The van der Waals surface area contributed by atoms with Gasteiger partial charge in [0.05, 0.1) is 5.69 Å². The van der Waals surface area contributed by atoms with Crippen molar-refractivity contribution in [3.8, 4) is 0 Å².